The van der Waals surface area contributed by atoms with Crippen molar-refractivity contribution < 1.29 is 18.8 Å². The summed E-state index contributed by atoms with van der Waals surface area (Å²) in [5, 5.41) is 7.29. The second kappa shape index (κ2) is 7.57. The highest BCUT2D eigenvalue weighted by molar-refractivity contribution is 7.16. The molecule has 1 N–H and O–H groups in total. The van der Waals surface area contributed by atoms with Crippen LogP contribution >= 0.6 is 11.3 Å². The van der Waals surface area contributed by atoms with Crippen LogP contribution in [0.3, 0.4) is 0 Å². The Bertz CT molecular complexity index is 821. The number of esters is 1. The molecule has 0 aliphatic heterocycles. The number of nitrogens with one attached hydrogen (secondary N) is 1. The van der Waals surface area contributed by atoms with Gasteiger partial charge in [0.25, 0.3) is 5.89 Å². The first kappa shape index (κ1) is 18.6. The van der Waals surface area contributed by atoms with Crippen molar-refractivity contribution in [2.45, 2.75) is 53.6 Å². The standard InChI is InChI=1S/C18H23N3O4S/c1-9(2)7-13-19-14(25-21-13)8-24-18(23)15-10(3)11(4)26-17(15)20-16(22)12-5-6-12/h9,12H,5-8H2,1-4H3,(H,20,22). The molecule has 2 aromatic rings. The van der Waals surface area contributed by atoms with Crippen molar-refractivity contribution in [2.75, 3.05) is 5.32 Å². The first-order chi connectivity index (χ1) is 12.3. The van der Waals surface area contributed by atoms with E-state index in [4.69, 9.17) is 9.26 Å². The topological polar surface area (TPSA) is 94.3 Å². The van der Waals surface area contributed by atoms with Crippen molar-refractivity contribution in [3.63, 3.8) is 0 Å². The molecule has 1 aliphatic carbocycles. The average molecular weight is 377 g/mol. The van der Waals surface area contributed by atoms with E-state index in [-0.39, 0.29) is 24.3 Å². The van der Waals surface area contributed by atoms with Crippen molar-refractivity contribution in [1.29, 1.82) is 0 Å². The molecule has 3 rings (SSSR count). The summed E-state index contributed by atoms with van der Waals surface area (Å²) in [4.78, 5) is 29.8. The van der Waals surface area contributed by atoms with Gasteiger partial charge < -0.3 is 14.6 Å². The predicted octanol–water partition coefficient (Wildman–Crippen LogP) is 3.65. The molecule has 26 heavy (non-hydrogen) atoms. The van der Waals surface area contributed by atoms with Crippen molar-refractivity contribution >= 4 is 28.2 Å². The molecule has 1 amide bonds. The summed E-state index contributed by atoms with van der Waals surface area (Å²) < 4.78 is 10.5. The van der Waals surface area contributed by atoms with Gasteiger partial charge in [-0.15, -0.1) is 11.3 Å². The molecule has 0 radical (unpaired) electrons. The van der Waals surface area contributed by atoms with E-state index in [1.165, 1.54) is 11.3 Å². The third-order valence-corrected chi connectivity index (χ3v) is 5.32. The first-order valence-corrected chi connectivity index (χ1v) is 9.56. The number of nitrogens with zero attached hydrogens (tertiary/aromatic N) is 2. The quantitative estimate of drug-likeness (QED) is 0.740. The zero-order valence-corrected chi connectivity index (χ0v) is 16.2. The van der Waals surface area contributed by atoms with E-state index in [1.807, 2.05) is 13.8 Å². The molecule has 2 heterocycles. The maximum atomic E-state index is 12.6. The van der Waals surface area contributed by atoms with Crippen LogP contribution < -0.4 is 5.32 Å². The highest BCUT2D eigenvalue weighted by atomic mass is 32.1. The minimum atomic E-state index is -0.499. The highest BCUT2D eigenvalue weighted by Crippen LogP contribution is 2.36. The van der Waals surface area contributed by atoms with Gasteiger partial charge in [0.2, 0.25) is 5.91 Å². The predicted molar refractivity (Wildman–Crippen MR) is 97.1 cm³/mol. The van der Waals surface area contributed by atoms with Gasteiger partial charge in [-0.1, -0.05) is 19.0 Å². The van der Waals surface area contributed by atoms with Gasteiger partial charge in [-0.3, -0.25) is 4.79 Å². The molecule has 8 heteroatoms. The van der Waals surface area contributed by atoms with Crippen LogP contribution in [0.5, 0.6) is 0 Å². The van der Waals surface area contributed by atoms with Crippen LogP contribution in [0, 0.1) is 25.7 Å². The van der Waals surface area contributed by atoms with Crippen LogP contribution in [-0.4, -0.2) is 22.0 Å². The molecule has 1 aliphatic rings. The maximum Gasteiger partial charge on any atom is 0.341 e. The Balaban J connectivity index is 1.67. The molecule has 1 fully saturated rings. The molecule has 0 spiro atoms. The summed E-state index contributed by atoms with van der Waals surface area (Å²) in [5.41, 5.74) is 1.22. The summed E-state index contributed by atoms with van der Waals surface area (Å²) in [7, 11) is 0. The van der Waals surface area contributed by atoms with Gasteiger partial charge in [0.1, 0.15) is 5.00 Å². The first-order valence-electron chi connectivity index (χ1n) is 8.74. The Hall–Kier alpha value is -2.22. The minimum absolute atomic E-state index is 0.0319. The molecular formula is C18H23N3O4S. The lowest BCUT2D eigenvalue weighted by atomic mass is 10.1. The van der Waals surface area contributed by atoms with Crippen LogP contribution in [0.2, 0.25) is 0 Å². The molecular weight excluding hydrogens is 354 g/mol. The van der Waals surface area contributed by atoms with Gasteiger partial charge in [-0.25, -0.2) is 4.79 Å². The van der Waals surface area contributed by atoms with Crippen molar-refractivity contribution in [1.82, 2.24) is 10.1 Å². The average Bonchev–Trinajstić information content (AvgIpc) is 3.27. The van der Waals surface area contributed by atoms with Crippen molar-refractivity contribution in [3.8, 4) is 0 Å². The fraction of sp³-hybridized carbons (Fsp3) is 0.556. The molecule has 2 aromatic heterocycles. The highest BCUT2D eigenvalue weighted by Gasteiger charge is 2.31. The number of amides is 1. The zero-order chi connectivity index (χ0) is 18.8. The molecule has 0 bridgehead atoms. The summed E-state index contributed by atoms with van der Waals surface area (Å²) in [5.74, 6) is 0.821. The number of hydrogen-bond donors (Lipinski definition) is 1. The van der Waals surface area contributed by atoms with Gasteiger partial charge in [0.15, 0.2) is 12.4 Å². The second-order valence-electron chi connectivity index (χ2n) is 7.03. The maximum absolute atomic E-state index is 12.6. The number of thiophene rings is 1. The smallest absolute Gasteiger partial charge is 0.341 e. The number of carbonyl (C=O) groups is 2. The number of ether oxygens (including phenoxy) is 1. The van der Waals surface area contributed by atoms with Crippen LogP contribution in [-0.2, 0) is 22.6 Å². The minimum Gasteiger partial charge on any atom is -0.452 e. The zero-order valence-electron chi connectivity index (χ0n) is 15.4. The van der Waals surface area contributed by atoms with Crippen LogP contribution in [0.4, 0.5) is 5.00 Å². The largest absolute Gasteiger partial charge is 0.452 e. The lowest BCUT2D eigenvalue weighted by Gasteiger charge is -2.06. The van der Waals surface area contributed by atoms with Crippen LogP contribution in [0.25, 0.3) is 0 Å². The Kier molecular flexibility index (Phi) is 5.41. The summed E-state index contributed by atoms with van der Waals surface area (Å²) in [6, 6.07) is 0. The van der Waals surface area contributed by atoms with E-state index >= 15 is 0 Å². The third kappa shape index (κ3) is 4.30. The fourth-order valence-corrected chi connectivity index (χ4v) is 3.57. The van der Waals surface area contributed by atoms with E-state index in [1.54, 1.807) is 0 Å². The number of aryl methyl sites for hydroxylation is 1. The molecule has 0 saturated heterocycles. The van der Waals surface area contributed by atoms with E-state index < -0.39 is 5.97 Å². The van der Waals surface area contributed by atoms with Gasteiger partial charge in [-0.2, -0.15) is 4.98 Å². The van der Waals surface area contributed by atoms with E-state index in [0.29, 0.717) is 28.7 Å². The monoisotopic (exact) mass is 377 g/mol. The number of rotatable bonds is 7. The summed E-state index contributed by atoms with van der Waals surface area (Å²) in [6.07, 6.45) is 2.52. The fourth-order valence-electron chi connectivity index (χ4n) is 2.52. The number of hydrogen-bond acceptors (Lipinski definition) is 7. The van der Waals surface area contributed by atoms with Crippen molar-refractivity contribution in [3.05, 3.63) is 27.7 Å². The Morgan fingerprint density at radius 1 is 1.35 bits per heavy atom. The lowest BCUT2D eigenvalue weighted by molar-refractivity contribution is -0.117. The number of carbonyl (C=O) groups excluding carboxylic acids is 2. The molecule has 0 atom stereocenters. The second-order valence-corrected chi connectivity index (χ2v) is 8.25. The Morgan fingerprint density at radius 2 is 2.08 bits per heavy atom. The summed E-state index contributed by atoms with van der Waals surface area (Å²) in [6.45, 7) is 7.81. The Morgan fingerprint density at radius 3 is 2.73 bits per heavy atom. The molecule has 1 saturated carbocycles. The molecule has 0 aromatic carbocycles. The normalized spacial score (nSPS) is 13.9. The van der Waals surface area contributed by atoms with Gasteiger partial charge in [0, 0.05) is 17.2 Å². The van der Waals surface area contributed by atoms with E-state index in [9.17, 15) is 9.59 Å². The molecule has 0 unspecified atom stereocenters. The number of aromatic nitrogens is 2. The molecule has 7 nitrogen and oxygen atoms in total. The van der Waals surface area contributed by atoms with Crippen LogP contribution in [0.1, 0.15) is 59.2 Å². The molecule has 140 valence electrons. The third-order valence-electron chi connectivity index (χ3n) is 4.20. The van der Waals surface area contributed by atoms with Gasteiger partial charge >= 0.3 is 5.97 Å². The van der Waals surface area contributed by atoms with Gasteiger partial charge in [-0.05, 0) is 38.2 Å². The number of anilines is 1. The van der Waals surface area contributed by atoms with Gasteiger partial charge in [0.05, 0.1) is 5.56 Å². The van der Waals surface area contributed by atoms with E-state index in [0.717, 1.165) is 23.3 Å². The SMILES string of the molecule is Cc1sc(NC(=O)C2CC2)c(C(=O)OCc2nc(CC(C)C)no2)c1C. The van der Waals surface area contributed by atoms with E-state index in [2.05, 4.69) is 29.3 Å². The Labute approximate surface area is 156 Å². The van der Waals surface area contributed by atoms with Crippen molar-refractivity contribution in [2.24, 2.45) is 11.8 Å². The van der Waals surface area contributed by atoms with Crippen LogP contribution in [0.15, 0.2) is 4.52 Å². The lowest BCUT2D eigenvalue weighted by Crippen LogP contribution is -2.16. The summed E-state index contributed by atoms with van der Waals surface area (Å²) >= 11 is 1.39.